The molecule has 0 fully saturated rings. The van der Waals surface area contributed by atoms with Gasteiger partial charge in [0, 0.05) is 12.7 Å². The van der Waals surface area contributed by atoms with Crippen LogP contribution in [0.3, 0.4) is 0 Å². The van der Waals surface area contributed by atoms with Crippen LogP contribution in [-0.2, 0) is 6.54 Å². The Morgan fingerprint density at radius 2 is 2.10 bits per heavy atom. The lowest BCUT2D eigenvalue weighted by Crippen LogP contribution is -2.21. The van der Waals surface area contributed by atoms with Crippen molar-refractivity contribution in [1.82, 2.24) is 10.3 Å². The van der Waals surface area contributed by atoms with Crippen LogP contribution in [0.5, 0.6) is 5.75 Å². The van der Waals surface area contributed by atoms with Gasteiger partial charge in [0.25, 0.3) is 5.91 Å². The highest BCUT2D eigenvalue weighted by atomic mass is 32.1. The van der Waals surface area contributed by atoms with E-state index in [9.17, 15) is 4.79 Å². The minimum absolute atomic E-state index is 0.0459. The van der Waals surface area contributed by atoms with Crippen molar-refractivity contribution in [3.63, 3.8) is 0 Å². The second-order valence-electron chi connectivity index (χ2n) is 4.40. The van der Waals surface area contributed by atoms with Crippen molar-refractivity contribution in [1.29, 1.82) is 0 Å². The predicted octanol–water partition coefficient (Wildman–Crippen LogP) is 3.17. The summed E-state index contributed by atoms with van der Waals surface area (Å²) in [6, 6.07) is 11.5. The van der Waals surface area contributed by atoms with E-state index in [4.69, 9.17) is 4.74 Å². The monoisotopic (exact) mass is 286 g/mol. The molecule has 0 saturated carbocycles. The number of thiophene rings is 1. The second-order valence-corrected chi connectivity index (χ2v) is 5.48. The SMILES string of the molecule is COc1ccc(CNC(=O)c2cc3[nH]ccc3s2)cc1. The first-order chi connectivity index (χ1) is 9.76. The summed E-state index contributed by atoms with van der Waals surface area (Å²) in [5.41, 5.74) is 2.05. The Morgan fingerprint density at radius 3 is 2.80 bits per heavy atom. The predicted molar refractivity (Wildman–Crippen MR) is 80.3 cm³/mol. The molecule has 3 aromatic rings. The average molecular weight is 286 g/mol. The molecule has 1 aromatic carbocycles. The molecular formula is C15H14N2O2S. The van der Waals surface area contributed by atoms with Gasteiger partial charge >= 0.3 is 0 Å². The zero-order valence-electron chi connectivity index (χ0n) is 11.0. The molecule has 4 nitrogen and oxygen atoms in total. The molecule has 2 aromatic heterocycles. The highest BCUT2D eigenvalue weighted by Gasteiger charge is 2.10. The number of aromatic amines is 1. The molecule has 0 radical (unpaired) electrons. The van der Waals surface area contributed by atoms with Crippen LogP contribution in [0.25, 0.3) is 10.2 Å². The highest BCUT2D eigenvalue weighted by Crippen LogP contribution is 2.24. The van der Waals surface area contributed by atoms with Gasteiger partial charge < -0.3 is 15.0 Å². The van der Waals surface area contributed by atoms with Crippen molar-refractivity contribution < 1.29 is 9.53 Å². The van der Waals surface area contributed by atoms with E-state index in [1.54, 1.807) is 7.11 Å². The van der Waals surface area contributed by atoms with Gasteiger partial charge in [-0.05, 0) is 29.8 Å². The summed E-state index contributed by atoms with van der Waals surface area (Å²) in [4.78, 5) is 15.9. The van der Waals surface area contributed by atoms with E-state index >= 15 is 0 Å². The number of aromatic nitrogens is 1. The molecule has 2 N–H and O–H groups in total. The first-order valence-corrected chi connectivity index (χ1v) is 7.06. The first-order valence-electron chi connectivity index (χ1n) is 6.24. The fourth-order valence-corrected chi connectivity index (χ4v) is 2.92. The molecule has 0 aliphatic rings. The van der Waals surface area contributed by atoms with Gasteiger partial charge in [-0.15, -0.1) is 11.3 Å². The highest BCUT2D eigenvalue weighted by molar-refractivity contribution is 7.20. The Hall–Kier alpha value is -2.27. The quantitative estimate of drug-likeness (QED) is 0.774. The molecule has 1 amide bonds. The van der Waals surface area contributed by atoms with Crippen LogP contribution in [0.2, 0.25) is 0 Å². The minimum Gasteiger partial charge on any atom is -0.497 e. The summed E-state index contributed by atoms with van der Waals surface area (Å²) in [6.07, 6.45) is 1.88. The van der Waals surface area contributed by atoms with E-state index in [0.29, 0.717) is 6.54 Å². The lowest BCUT2D eigenvalue weighted by Gasteiger charge is -2.05. The fraction of sp³-hybridized carbons (Fsp3) is 0.133. The number of methoxy groups -OCH3 is 1. The largest absolute Gasteiger partial charge is 0.497 e. The number of nitrogens with one attached hydrogen (secondary N) is 2. The van der Waals surface area contributed by atoms with Crippen molar-refractivity contribution in [2.45, 2.75) is 6.54 Å². The Morgan fingerprint density at radius 1 is 1.30 bits per heavy atom. The standard InChI is InChI=1S/C15H14N2O2S/c1-19-11-4-2-10(3-5-11)9-17-15(18)14-8-12-13(20-14)6-7-16-12/h2-8,16H,9H2,1H3,(H,17,18). The number of rotatable bonds is 4. The maximum absolute atomic E-state index is 12.1. The van der Waals surface area contributed by atoms with Gasteiger partial charge in [-0.1, -0.05) is 12.1 Å². The molecule has 2 heterocycles. The molecule has 0 aliphatic heterocycles. The van der Waals surface area contributed by atoms with E-state index < -0.39 is 0 Å². The number of hydrogen-bond donors (Lipinski definition) is 2. The second kappa shape index (κ2) is 5.38. The normalized spacial score (nSPS) is 10.7. The van der Waals surface area contributed by atoms with Crippen LogP contribution >= 0.6 is 11.3 Å². The molecule has 0 unspecified atom stereocenters. The molecule has 3 rings (SSSR count). The molecule has 0 bridgehead atoms. The molecular weight excluding hydrogens is 272 g/mol. The third-order valence-corrected chi connectivity index (χ3v) is 4.17. The number of carbonyl (C=O) groups excluding carboxylic acids is 1. The van der Waals surface area contributed by atoms with Crippen molar-refractivity contribution in [2.75, 3.05) is 7.11 Å². The fourth-order valence-electron chi connectivity index (χ4n) is 1.97. The van der Waals surface area contributed by atoms with Crippen LogP contribution in [0.1, 0.15) is 15.2 Å². The van der Waals surface area contributed by atoms with Crippen LogP contribution in [-0.4, -0.2) is 18.0 Å². The lowest BCUT2D eigenvalue weighted by molar-refractivity contribution is 0.0955. The average Bonchev–Trinajstić information content (AvgIpc) is 3.06. The number of amides is 1. The molecule has 0 atom stereocenters. The topological polar surface area (TPSA) is 54.1 Å². The van der Waals surface area contributed by atoms with Gasteiger partial charge in [0.2, 0.25) is 0 Å². The van der Waals surface area contributed by atoms with Gasteiger partial charge in [0.15, 0.2) is 0 Å². The van der Waals surface area contributed by atoms with Gasteiger partial charge in [0.05, 0.1) is 22.2 Å². The van der Waals surface area contributed by atoms with Gasteiger partial charge in [0.1, 0.15) is 5.75 Å². The van der Waals surface area contributed by atoms with E-state index in [2.05, 4.69) is 10.3 Å². The Kier molecular flexibility index (Phi) is 3.43. The zero-order valence-corrected chi connectivity index (χ0v) is 11.8. The number of ether oxygens (including phenoxy) is 1. The van der Waals surface area contributed by atoms with Crippen molar-refractivity contribution in [2.24, 2.45) is 0 Å². The maximum atomic E-state index is 12.1. The van der Waals surface area contributed by atoms with Crippen molar-refractivity contribution in [3.8, 4) is 5.75 Å². The summed E-state index contributed by atoms with van der Waals surface area (Å²) in [6.45, 7) is 0.509. The minimum atomic E-state index is -0.0459. The summed E-state index contributed by atoms with van der Waals surface area (Å²) < 4.78 is 6.20. The third kappa shape index (κ3) is 2.53. The Bertz CT molecular complexity index is 699. The summed E-state index contributed by atoms with van der Waals surface area (Å²) in [5, 5.41) is 2.92. The van der Waals surface area contributed by atoms with Gasteiger partial charge in [-0.3, -0.25) is 4.79 Å². The van der Waals surface area contributed by atoms with E-state index in [-0.39, 0.29) is 5.91 Å². The zero-order chi connectivity index (χ0) is 13.9. The van der Waals surface area contributed by atoms with E-state index in [1.807, 2.05) is 42.6 Å². The molecule has 20 heavy (non-hydrogen) atoms. The van der Waals surface area contributed by atoms with E-state index in [0.717, 1.165) is 26.4 Å². The number of carbonyl (C=O) groups is 1. The van der Waals surface area contributed by atoms with Crippen LogP contribution in [0.4, 0.5) is 0 Å². The number of hydrogen-bond acceptors (Lipinski definition) is 3. The third-order valence-electron chi connectivity index (χ3n) is 3.07. The van der Waals surface area contributed by atoms with Crippen LogP contribution in [0.15, 0.2) is 42.6 Å². The van der Waals surface area contributed by atoms with Crippen LogP contribution in [0, 0.1) is 0 Å². The molecule has 0 saturated heterocycles. The first kappa shape index (κ1) is 12.7. The Balaban J connectivity index is 1.65. The van der Waals surface area contributed by atoms with Crippen molar-refractivity contribution in [3.05, 3.63) is 53.0 Å². The number of benzene rings is 1. The summed E-state index contributed by atoms with van der Waals surface area (Å²) >= 11 is 1.49. The van der Waals surface area contributed by atoms with Gasteiger partial charge in [-0.2, -0.15) is 0 Å². The summed E-state index contributed by atoms with van der Waals surface area (Å²) in [7, 11) is 1.63. The number of fused-ring (bicyclic) bond motifs is 1. The van der Waals surface area contributed by atoms with Crippen molar-refractivity contribution >= 4 is 27.5 Å². The Labute approximate surface area is 120 Å². The summed E-state index contributed by atoms with van der Waals surface area (Å²) in [5.74, 6) is 0.767. The lowest BCUT2D eigenvalue weighted by atomic mass is 10.2. The number of H-pyrrole nitrogens is 1. The molecule has 102 valence electrons. The smallest absolute Gasteiger partial charge is 0.261 e. The molecule has 0 spiro atoms. The maximum Gasteiger partial charge on any atom is 0.261 e. The molecule has 0 aliphatic carbocycles. The van der Waals surface area contributed by atoms with E-state index in [1.165, 1.54) is 11.3 Å². The van der Waals surface area contributed by atoms with Gasteiger partial charge in [-0.25, -0.2) is 0 Å². The van der Waals surface area contributed by atoms with Crippen LogP contribution < -0.4 is 10.1 Å². The molecule has 5 heteroatoms.